The zero-order valence-electron chi connectivity index (χ0n) is 22.7. The molecule has 3 aromatic rings. The second kappa shape index (κ2) is 13.6. The Morgan fingerprint density at radius 3 is 1.65 bits per heavy atom. The predicted molar refractivity (Wildman–Crippen MR) is 154 cm³/mol. The van der Waals surface area contributed by atoms with Gasteiger partial charge in [-0.25, -0.2) is 14.4 Å². The minimum absolute atomic E-state index is 0.266. The van der Waals surface area contributed by atoms with Crippen LogP contribution in [0.15, 0.2) is 109 Å². The molecule has 0 bridgehead atoms. The number of carbonyl (C=O) groups excluding carboxylic acids is 3. The number of carbonyl (C=O) groups is 3. The van der Waals surface area contributed by atoms with Gasteiger partial charge < -0.3 is 18.9 Å². The van der Waals surface area contributed by atoms with Crippen LogP contribution in [0.3, 0.4) is 0 Å². The third-order valence-electron chi connectivity index (χ3n) is 5.32. The zero-order valence-corrected chi connectivity index (χ0v) is 22.7. The van der Waals surface area contributed by atoms with Crippen LogP contribution < -0.4 is 18.9 Å². The lowest BCUT2D eigenvalue weighted by Gasteiger charge is -2.12. The number of rotatable bonds is 11. The van der Waals surface area contributed by atoms with Crippen molar-refractivity contribution in [2.75, 3.05) is 6.61 Å². The minimum Gasteiger partial charge on any atom is -0.490 e. The van der Waals surface area contributed by atoms with Crippen LogP contribution in [0.4, 0.5) is 0 Å². The standard InChI is InChI=1S/C33H30O7/c1-21(2)31(34)38-27-12-10-25(11-13-27)29-18-9-24(20-30(29)40-33(36)23(5)6)8-7-19-37-26-14-16-28(17-15-26)39-32(35)22(3)4/h7-18,20H,1,3,5,19H2,2,4,6H3/b8-7+. The molecule has 0 fully saturated rings. The second-order valence-corrected chi connectivity index (χ2v) is 8.97. The van der Waals surface area contributed by atoms with E-state index >= 15 is 0 Å². The van der Waals surface area contributed by atoms with E-state index in [1.54, 1.807) is 75.4 Å². The molecular weight excluding hydrogens is 508 g/mol. The Morgan fingerprint density at radius 1 is 0.650 bits per heavy atom. The van der Waals surface area contributed by atoms with E-state index in [2.05, 4.69) is 19.7 Å². The first-order valence-corrected chi connectivity index (χ1v) is 12.3. The lowest BCUT2D eigenvalue weighted by Crippen LogP contribution is -2.09. The average molecular weight is 539 g/mol. The first kappa shape index (κ1) is 29.4. The van der Waals surface area contributed by atoms with Crippen molar-refractivity contribution in [3.05, 3.63) is 115 Å². The smallest absolute Gasteiger partial charge is 0.338 e. The minimum atomic E-state index is -0.546. The molecule has 0 saturated carbocycles. The van der Waals surface area contributed by atoms with Crippen LogP contribution in [0.2, 0.25) is 0 Å². The zero-order chi connectivity index (χ0) is 29.2. The van der Waals surface area contributed by atoms with Crippen LogP contribution in [0.25, 0.3) is 17.2 Å². The first-order valence-electron chi connectivity index (χ1n) is 12.3. The molecule has 0 aliphatic heterocycles. The molecule has 7 heteroatoms. The number of benzene rings is 3. The molecule has 0 N–H and O–H groups in total. The number of ether oxygens (including phenoxy) is 4. The Kier molecular flexibility index (Phi) is 9.97. The summed E-state index contributed by atoms with van der Waals surface area (Å²) in [6.45, 7) is 15.8. The van der Waals surface area contributed by atoms with E-state index in [9.17, 15) is 14.4 Å². The lowest BCUT2D eigenvalue weighted by molar-refractivity contribution is -0.130. The Hall–Kier alpha value is -5.17. The largest absolute Gasteiger partial charge is 0.490 e. The summed E-state index contributed by atoms with van der Waals surface area (Å²) in [7, 11) is 0. The molecule has 0 unspecified atom stereocenters. The summed E-state index contributed by atoms with van der Waals surface area (Å²) < 4.78 is 21.8. The van der Waals surface area contributed by atoms with E-state index in [1.165, 1.54) is 0 Å². The molecular formula is C33H30O7. The van der Waals surface area contributed by atoms with Gasteiger partial charge in [0.25, 0.3) is 0 Å². The summed E-state index contributed by atoms with van der Waals surface area (Å²) in [5.41, 5.74) is 3.10. The molecule has 0 amide bonds. The molecule has 40 heavy (non-hydrogen) atoms. The molecule has 204 valence electrons. The molecule has 7 nitrogen and oxygen atoms in total. The topological polar surface area (TPSA) is 88.1 Å². The van der Waals surface area contributed by atoms with Gasteiger partial charge in [-0.2, -0.15) is 0 Å². The fourth-order valence-corrected chi connectivity index (χ4v) is 3.18. The molecule has 3 rings (SSSR count). The number of hydrogen-bond donors (Lipinski definition) is 0. The second-order valence-electron chi connectivity index (χ2n) is 8.97. The van der Waals surface area contributed by atoms with Gasteiger partial charge in [0.1, 0.15) is 29.6 Å². The highest BCUT2D eigenvalue weighted by Crippen LogP contribution is 2.33. The Labute approximate surface area is 233 Å². The van der Waals surface area contributed by atoms with Crippen molar-refractivity contribution in [1.82, 2.24) is 0 Å². The lowest BCUT2D eigenvalue weighted by atomic mass is 10.0. The van der Waals surface area contributed by atoms with Gasteiger partial charge in [-0.15, -0.1) is 0 Å². The number of hydrogen-bond acceptors (Lipinski definition) is 7. The van der Waals surface area contributed by atoms with E-state index in [-0.39, 0.29) is 12.2 Å². The van der Waals surface area contributed by atoms with Gasteiger partial charge in [0.2, 0.25) is 0 Å². The summed E-state index contributed by atoms with van der Waals surface area (Å²) in [5, 5.41) is 0. The van der Waals surface area contributed by atoms with Crippen LogP contribution >= 0.6 is 0 Å². The fourth-order valence-electron chi connectivity index (χ4n) is 3.18. The highest BCUT2D eigenvalue weighted by atomic mass is 16.5. The average Bonchev–Trinajstić information content (AvgIpc) is 2.92. The SMILES string of the molecule is C=C(C)C(=O)Oc1ccc(OC/C=C/c2ccc(-c3ccc(OC(=O)C(=C)C)cc3)c(OC(=O)C(=C)C)c2)cc1. The van der Waals surface area contributed by atoms with E-state index < -0.39 is 17.9 Å². The van der Waals surface area contributed by atoms with Crippen LogP contribution in [0.1, 0.15) is 26.3 Å². The van der Waals surface area contributed by atoms with Gasteiger partial charge in [-0.3, -0.25) is 0 Å². The highest BCUT2D eigenvalue weighted by molar-refractivity contribution is 5.91. The van der Waals surface area contributed by atoms with Crippen molar-refractivity contribution in [2.24, 2.45) is 0 Å². The number of esters is 3. The molecule has 0 aliphatic rings. The normalized spacial score (nSPS) is 10.5. The van der Waals surface area contributed by atoms with Crippen LogP contribution in [-0.2, 0) is 14.4 Å². The van der Waals surface area contributed by atoms with E-state index in [1.807, 2.05) is 24.3 Å². The maximum atomic E-state index is 12.3. The van der Waals surface area contributed by atoms with Gasteiger partial charge in [0.15, 0.2) is 0 Å². The van der Waals surface area contributed by atoms with Crippen molar-refractivity contribution in [3.63, 3.8) is 0 Å². The van der Waals surface area contributed by atoms with Crippen LogP contribution in [0.5, 0.6) is 23.0 Å². The van der Waals surface area contributed by atoms with Crippen molar-refractivity contribution >= 4 is 24.0 Å². The highest BCUT2D eigenvalue weighted by Gasteiger charge is 2.13. The van der Waals surface area contributed by atoms with Gasteiger partial charge in [-0.1, -0.05) is 50.1 Å². The molecule has 0 aliphatic carbocycles. The van der Waals surface area contributed by atoms with Gasteiger partial charge in [0, 0.05) is 22.3 Å². The molecule has 0 spiro atoms. The summed E-state index contributed by atoms with van der Waals surface area (Å²) in [6, 6.07) is 19.0. The monoisotopic (exact) mass is 538 g/mol. The molecule has 0 atom stereocenters. The van der Waals surface area contributed by atoms with E-state index in [4.69, 9.17) is 18.9 Å². The first-order chi connectivity index (χ1) is 19.0. The summed E-state index contributed by atoms with van der Waals surface area (Å²) >= 11 is 0. The summed E-state index contributed by atoms with van der Waals surface area (Å²) in [4.78, 5) is 35.7. The van der Waals surface area contributed by atoms with E-state index in [0.717, 1.165) is 11.1 Å². The molecule has 0 heterocycles. The third-order valence-corrected chi connectivity index (χ3v) is 5.32. The fraction of sp³-hybridized carbons (Fsp3) is 0.121. The van der Waals surface area contributed by atoms with E-state index in [0.29, 0.717) is 39.7 Å². The Bertz CT molecular complexity index is 1480. The van der Waals surface area contributed by atoms with Crippen molar-refractivity contribution in [3.8, 4) is 34.1 Å². The Morgan fingerprint density at radius 2 is 1.12 bits per heavy atom. The van der Waals surface area contributed by atoms with Gasteiger partial charge >= 0.3 is 17.9 Å². The third kappa shape index (κ3) is 8.43. The van der Waals surface area contributed by atoms with Crippen LogP contribution in [-0.4, -0.2) is 24.5 Å². The van der Waals surface area contributed by atoms with Crippen molar-refractivity contribution < 1.29 is 33.3 Å². The summed E-state index contributed by atoms with van der Waals surface area (Å²) in [6.07, 6.45) is 3.66. The van der Waals surface area contributed by atoms with Gasteiger partial charge in [-0.05, 0) is 80.4 Å². The molecule has 0 radical (unpaired) electrons. The quantitative estimate of drug-likeness (QED) is 0.149. The maximum absolute atomic E-state index is 12.3. The molecule has 0 saturated heterocycles. The molecule has 0 aromatic heterocycles. The van der Waals surface area contributed by atoms with Crippen molar-refractivity contribution in [2.45, 2.75) is 20.8 Å². The molecule has 3 aromatic carbocycles. The predicted octanol–water partition coefficient (Wildman–Crippen LogP) is 6.89. The maximum Gasteiger partial charge on any atom is 0.338 e. The summed E-state index contributed by atoms with van der Waals surface area (Å²) in [5.74, 6) is 0.179. The van der Waals surface area contributed by atoms with Crippen molar-refractivity contribution in [1.29, 1.82) is 0 Å². The van der Waals surface area contributed by atoms with Crippen LogP contribution in [0, 0.1) is 0 Å². The Balaban J connectivity index is 1.72. The van der Waals surface area contributed by atoms with Gasteiger partial charge in [0.05, 0.1) is 0 Å².